The minimum absolute atomic E-state index is 0.249. The van der Waals surface area contributed by atoms with E-state index in [1.54, 1.807) is 12.1 Å². The topological polar surface area (TPSA) is 55.8 Å². The number of nitrogens with zero attached hydrogens (tertiary/aromatic N) is 1. The Morgan fingerprint density at radius 1 is 0.962 bits per heavy atom. The van der Waals surface area contributed by atoms with Crippen LogP contribution >= 0.6 is 0 Å². The summed E-state index contributed by atoms with van der Waals surface area (Å²) in [5.74, 6) is -1.03. The van der Waals surface area contributed by atoms with Crippen molar-refractivity contribution in [3.05, 3.63) is 53.6 Å². The molecule has 1 saturated heterocycles. The maximum Gasteiger partial charge on any atom is 0.243 e. The number of fused-ring (bicyclic) bond motifs is 1. The molecule has 4 rings (SSSR count). The van der Waals surface area contributed by atoms with E-state index in [-0.39, 0.29) is 10.9 Å². The number of benzene rings is 2. The van der Waals surface area contributed by atoms with Gasteiger partial charge in [0.15, 0.2) is 23.1 Å². The average Bonchev–Trinajstić information content (AvgIpc) is 3.14. The lowest BCUT2D eigenvalue weighted by Crippen LogP contribution is -2.31. The van der Waals surface area contributed by atoms with Crippen molar-refractivity contribution in [2.45, 2.75) is 23.8 Å². The van der Waals surface area contributed by atoms with E-state index in [4.69, 9.17) is 9.47 Å². The predicted octanol–water partition coefficient (Wildman–Crippen LogP) is 3.26. The predicted molar refractivity (Wildman–Crippen MR) is 89.7 cm³/mol. The summed E-state index contributed by atoms with van der Waals surface area (Å²) in [5, 5.41) is 0. The smallest absolute Gasteiger partial charge is 0.243 e. The summed E-state index contributed by atoms with van der Waals surface area (Å²) in [7, 11) is -3.94. The molecule has 0 bridgehead atoms. The van der Waals surface area contributed by atoms with Crippen LogP contribution in [0.4, 0.5) is 8.78 Å². The molecule has 0 radical (unpaired) electrons. The van der Waals surface area contributed by atoms with E-state index < -0.39 is 21.7 Å². The first-order valence-corrected chi connectivity index (χ1v) is 9.77. The van der Waals surface area contributed by atoms with Gasteiger partial charge in [0.05, 0.1) is 10.9 Å². The molecule has 0 aliphatic carbocycles. The molecule has 2 aliphatic heterocycles. The van der Waals surface area contributed by atoms with E-state index in [1.165, 1.54) is 4.31 Å². The lowest BCUT2D eigenvalue weighted by Gasteiger charge is -2.26. The number of hydrogen-bond donors (Lipinski definition) is 0. The lowest BCUT2D eigenvalue weighted by molar-refractivity contribution is 0.171. The molecule has 0 spiro atoms. The molecule has 8 heteroatoms. The van der Waals surface area contributed by atoms with Gasteiger partial charge in [-0.1, -0.05) is 6.07 Å². The third kappa shape index (κ3) is 2.93. The van der Waals surface area contributed by atoms with Crippen LogP contribution in [-0.2, 0) is 10.0 Å². The normalized spacial score (nSPS) is 20.3. The van der Waals surface area contributed by atoms with Gasteiger partial charge in [-0.25, -0.2) is 17.2 Å². The molecule has 2 aliphatic rings. The van der Waals surface area contributed by atoms with E-state index >= 15 is 0 Å². The Morgan fingerprint density at radius 3 is 2.50 bits per heavy atom. The SMILES string of the molecule is O=S(=O)(c1ccc(F)c(F)c1)N1CCCC1c1ccc2c(c1)OCCO2. The van der Waals surface area contributed by atoms with Gasteiger partial charge in [0.2, 0.25) is 10.0 Å². The molecule has 2 heterocycles. The highest BCUT2D eigenvalue weighted by Gasteiger charge is 2.37. The molecule has 5 nitrogen and oxygen atoms in total. The largest absolute Gasteiger partial charge is 0.486 e. The van der Waals surface area contributed by atoms with Crippen LogP contribution in [0.25, 0.3) is 0 Å². The molecule has 1 atom stereocenters. The van der Waals surface area contributed by atoms with E-state index in [0.29, 0.717) is 44.1 Å². The molecule has 26 heavy (non-hydrogen) atoms. The fourth-order valence-electron chi connectivity index (χ4n) is 3.40. The molecule has 138 valence electrons. The quantitative estimate of drug-likeness (QED) is 0.819. The Bertz CT molecular complexity index is 948. The Morgan fingerprint density at radius 2 is 1.73 bits per heavy atom. The molecular formula is C18H17F2NO4S. The molecule has 2 aromatic carbocycles. The highest BCUT2D eigenvalue weighted by Crippen LogP contribution is 2.40. The van der Waals surface area contributed by atoms with Crippen LogP contribution in [0, 0.1) is 11.6 Å². The van der Waals surface area contributed by atoms with Crippen molar-refractivity contribution in [1.29, 1.82) is 0 Å². The second-order valence-electron chi connectivity index (χ2n) is 6.25. The van der Waals surface area contributed by atoms with Gasteiger partial charge in [-0.15, -0.1) is 0 Å². The summed E-state index contributed by atoms with van der Waals surface area (Å²) < 4.78 is 65.0. The maximum absolute atomic E-state index is 13.5. The maximum atomic E-state index is 13.5. The first-order chi connectivity index (χ1) is 12.5. The van der Waals surface area contributed by atoms with Crippen LogP contribution in [0.15, 0.2) is 41.3 Å². The van der Waals surface area contributed by atoms with Crippen LogP contribution < -0.4 is 9.47 Å². The molecule has 0 aromatic heterocycles. The second kappa shape index (κ2) is 6.51. The number of ether oxygens (including phenoxy) is 2. The zero-order valence-electron chi connectivity index (χ0n) is 13.8. The fraction of sp³-hybridized carbons (Fsp3) is 0.333. The zero-order valence-corrected chi connectivity index (χ0v) is 14.6. The van der Waals surface area contributed by atoms with Gasteiger partial charge in [-0.3, -0.25) is 0 Å². The van der Waals surface area contributed by atoms with Crippen molar-refractivity contribution in [2.75, 3.05) is 19.8 Å². The molecule has 0 N–H and O–H groups in total. The van der Waals surface area contributed by atoms with Crippen molar-refractivity contribution in [2.24, 2.45) is 0 Å². The number of halogens is 2. The van der Waals surface area contributed by atoms with Gasteiger partial charge in [-0.2, -0.15) is 4.31 Å². The van der Waals surface area contributed by atoms with Gasteiger partial charge >= 0.3 is 0 Å². The summed E-state index contributed by atoms with van der Waals surface area (Å²) in [4.78, 5) is -0.249. The van der Waals surface area contributed by atoms with E-state index in [0.717, 1.165) is 23.8 Å². The monoisotopic (exact) mass is 381 g/mol. The number of rotatable bonds is 3. The van der Waals surface area contributed by atoms with Gasteiger partial charge in [-0.05, 0) is 48.7 Å². The second-order valence-corrected chi connectivity index (χ2v) is 8.14. The van der Waals surface area contributed by atoms with Crippen LogP contribution in [0.3, 0.4) is 0 Å². The zero-order chi connectivity index (χ0) is 18.3. The minimum atomic E-state index is -3.94. The summed E-state index contributed by atoms with van der Waals surface area (Å²) in [6.07, 6.45) is 1.32. The minimum Gasteiger partial charge on any atom is -0.486 e. The first-order valence-electron chi connectivity index (χ1n) is 8.33. The van der Waals surface area contributed by atoms with Crippen LogP contribution in [0.5, 0.6) is 11.5 Å². The summed E-state index contributed by atoms with van der Waals surface area (Å²) in [5.41, 5.74) is 0.790. The highest BCUT2D eigenvalue weighted by atomic mass is 32.2. The third-order valence-corrected chi connectivity index (χ3v) is 6.56. The van der Waals surface area contributed by atoms with E-state index in [1.807, 2.05) is 6.07 Å². The van der Waals surface area contributed by atoms with Crippen molar-refractivity contribution >= 4 is 10.0 Å². The molecule has 1 fully saturated rings. The lowest BCUT2D eigenvalue weighted by atomic mass is 10.0. The van der Waals surface area contributed by atoms with Crippen molar-refractivity contribution in [3.63, 3.8) is 0 Å². The molecule has 0 amide bonds. The van der Waals surface area contributed by atoms with Crippen LogP contribution in [-0.4, -0.2) is 32.5 Å². The van der Waals surface area contributed by atoms with Gasteiger partial charge in [0, 0.05) is 6.54 Å². The van der Waals surface area contributed by atoms with Crippen LogP contribution in [0.1, 0.15) is 24.4 Å². The molecule has 0 saturated carbocycles. The van der Waals surface area contributed by atoms with E-state index in [2.05, 4.69) is 0 Å². The average molecular weight is 381 g/mol. The Labute approximate surface area is 150 Å². The van der Waals surface area contributed by atoms with E-state index in [9.17, 15) is 17.2 Å². The summed E-state index contributed by atoms with van der Waals surface area (Å²) >= 11 is 0. The standard InChI is InChI=1S/C18H17F2NO4S/c19-14-5-4-13(11-15(14)20)26(22,23)21-7-1-2-16(21)12-3-6-17-18(10-12)25-9-8-24-17/h3-6,10-11,16H,1-2,7-9H2. The molecule has 1 unspecified atom stereocenters. The van der Waals surface area contributed by atoms with Gasteiger partial charge in [0.1, 0.15) is 13.2 Å². The third-order valence-electron chi connectivity index (χ3n) is 4.65. The van der Waals surface area contributed by atoms with Crippen molar-refractivity contribution < 1.29 is 26.7 Å². The highest BCUT2D eigenvalue weighted by molar-refractivity contribution is 7.89. The number of sulfonamides is 1. The summed E-state index contributed by atoms with van der Waals surface area (Å²) in [6, 6.07) is 7.64. The van der Waals surface area contributed by atoms with Crippen molar-refractivity contribution in [3.8, 4) is 11.5 Å². The Hall–Kier alpha value is -2.19. The molecular weight excluding hydrogens is 364 g/mol. The fourth-order valence-corrected chi connectivity index (χ4v) is 5.10. The number of hydrogen-bond acceptors (Lipinski definition) is 4. The molecule has 2 aromatic rings. The van der Waals surface area contributed by atoms with Crippen molar-refractivity contribution in [1.82, 2.24) is 4.31 Å². The Kier molecular flexibility index (Phi) is 4.32. The van der Waals surface area contributed by atoms with Crippen LogP contribution in [0.2, 0.25) is 0 Å². The first kappa shape index (κ1) is 17.2. The van der Waals surface area contributed by atoms with Gasteiger partial charge in [0.25, 0.3) is 0 Å². The van der Waals surface area contributed by atoms with Gasteiger partial charge < -0.3 is 9.47 Å². The Balaban J connectivity index is 1.69. The summed E-state index contributed by atoms with van der Waals surface area (Å²) in [6.45, 7) is 1.24.